The fourth-order valence-electron chi connectivity index (χ4n) is 2.02. The normalized spacial score (nSPS) is 16.5. The lowest BCUT2D eigenvalue weighted by Gasteiger charge is -2.26. The van der Waals surface area contributed by atoms with Gasteiger partial charge in [-0.25, -0.2) is 9.59 Å². The molecular formula is C14H23NO4. The smallest absolute Gasteiger partial charge is 0.331 e. The van der Waals surface area contributed by atoms with Crippen molar-refractivity contribution in [3.05, 3.63) is 12.2 Å². The van der Waals surface area contributed by atoms with E-state index in [-0.39, 0.29) is 0 Å². The molecule has 0 N–H and O–H groups in total. The molecule has 1 fully saturated rings. The van der Waals surface area contributed by atoms with E-state index in [1.165, 1.54) is 19.3 Å². The Morgan fingerprint density at radius 2 is 1.68 bits per heavy atom. The predicted octanol–water partition coefficient (Wildman–Crippen LogP) is 1.52. The topological polar surface area (TPSA) is 55.8 Å². The first-order chi connectivity index (χ1) is 9.22. The number of nitrogens with zero attached hydrogens (tertiary/aromatic N) is 1. The van der Waals surface area contributed by atoms with Gasteiger partial charge in [-0.15, -0.1) is 0 Å². The van der Waals surface area contributed by atoms with Crippen molar-refractivity contribution in [3.8, 4) is 0 Å². The van der Waals surface area contributed by atoms with Gasteiger partial charge in [0.2, 0.25) is 0 Å². The quantitative estimate of drug-likeness (QED) is 0.398. The molecule has 0 unspecified atom stereocenters. The maximum absolute atomic E-state index is 11.3. The average Bonchev–Trinajstić information content (AvgIpc) is 2.43. The van der Waals surface area contributed by atoms with Crippen LogP contribution < -0.4 is 0 Å². The molecule has 0 bridgehead atoms. The molecule has 5 nitrogen and oxygen atoms in total. The van der Waals surface area contributed by atoms with E-state index in [9.17, 15) is 9.59 Å². The second kappa shape index (κ2) is 9.55. The summed E-state index contributed by atoms with van der Waals surface area (Å²) in [7, 11) is 0. The molecule has 0 radical (unpaired) electrons. The highest BCUT2D eigenvalue weighted by Gasteiger charge is 2.09. The summed E-state index contributed by atoms with van der Waals surface area (Å²) in [5, 5.41) is 0. The second-order valence-corrected chi connectivity index (χ2v) is 4.51. The largest absolute Gasteiger partial charge is 0.463 e. The zero-order valence-corrected chi connectivity index (χ0v) is 11.6. The first-order valence-electron chi connectivity index (χ1n) is 6.96. The van der Waals surface area contributed by atoms with Gasteiger partial charge in [-0.2, -0.15) is 0 Å². The molecule has 5 heteroatoms. The molecule has 0 aliphatic carbocycles. The van der Waals surface area contributed by atoms with Gasteiger partial charge in [0.05, 0.1) is 13.2 Å². The third kappa shape index (κ3) is 7.62. The van der Waals surface area contributed by atoms with Gasteiger partial charge < -0.3 is 14.4 Å². The number of esters is 2. The number of hydrogen-bond acceptors (Lipinski definition) is 5. The maximum atomic E-state index is 11.3. The lowest BCUT2D eigenvalue weighted by Crippen LogP contribution is -2.31. The Bertz CT molecular complexity index is 309. The molecule has 0 spiro atoms. The summed E-state index contributed by atoms with van der Waals surface area (Å²) < 4.78 is 9.66. The van der Waals surface area contributed by atoms with Crippen molar-refractivity contribution in [2.45, 2.75) is 32.6 Å². The van der Waals surface area contributed by atoms with Crippen molar-refractivity contribution in [2.24, 2.45) is 0 Å². The van der Waals surface area contributed by atoms with Gasteiger partial charge in [0.1, 0.15) is 0 Å². The zero-order chi connectivity index (χ0) is 13.9. The monoisotopic (exact) mass is 269 g/mol. The lowest BCUT2D eigenvalue weighted by atomic mass is 10.1. The number of rotatable bonds is 7. The number of ether oxygens (including phenoxy) is 2. The summed E-state index contributed by atoms with van der Waals surface area (Å²) in [4.78, 5) is 24.6. The van der Waals surface area contributed by atoms with E-state index in [2.05, 4.69) is 9.64 Å². The summed E-state index contributed by atoms with van der Waals surface area (Å²) in [5.41, 5.74) is 0. The number of carbonyl (C=O) groups is 2. The highest BCUT2D eigenvalue weighted by Crippen LogP contribution is 2.08. The first kappa shape index (κ1) is 15.7. The highest BCUT2D eigenvalue weighted by molar-refractivity contribution is 5.91. The molecule has 0 aromatic carbocycles. The molecule has 19 heavy (non-hydrogen) atoms. The second-order valence-electron chi connectivity index (χ2n) is 4.51. The van der Waals surface area contributed by atoms with E-state index < -0.39 is 11.9 Å². The van der Waals surface area contributed by atoms with Gasteiger partial charge >= 0.3 is 11.9 Å². The Morgan fingerprint density at radius 1 is 1.05 bits per heavy atom. The lowest BCUT2D eigenvalue weighted by molar-refractivity contribution is -0.140. The summed E-state index contributed by atoms with van der Waals surface area (Å²) in [6.07, 6.45) is 6.89. The Labute approximate surface area is 114 Å². The number of hydrogen-bond donors (Lipinski definition) is 0. The third-order valence-corrected chi connectivity index (χ3v) is 2.95. The van der Waals surface area contributed by atoms with Crippen molar-refractivity contribution in [2.75, 3.05) is 32.8 Å². The van der Waals surface area contributed by atoms with E-state index in [1.54, 1.807) is 6.92 Å². The minimum absolute atomic E-state index is 0.300. The molecule has 1 rings (SSSR count). The van der Waals surface area contributed by atoms with Gasteiger partial charge in [-0.1, -0.05) is 6.42 Å². The van der Waals surface area contributed by atoms with E-state index in [1.807, 2.05) is 0 Å². The predicted molar refractivity (Wildman–Crippen MR) is 71.6 cm³/mol. The number of piperidine rings is 1. The fraction of sp³-hybridized carbons (Fsp3) is 0.714. The van der Waals surface area contributed by atoms with Gasteiger partial charge in [0.25, 0.3) is 0 Å². The Balaban J connectivity index is 2.04. The van der Waals surface area contributed by atoms with Crippen LogP contribution in [0.5, 0.6) is 0 Å². The molecule has 0 aromatic rings. The van der Waals surface area contributed by atoms with Crippen molar-refractivity contribution in [1.82, 2.24) is 4.90 Å². The van der Waals surface area contributed by atoms with Crippen LogP contribution in [0.3, 0.4) is 0 Å². The molecule has 1 aliphatic heterocycles. The minimum Gasteiger partial charge on any atom is -0.463 e. The standard InChI is InChI=1S/C14H23NO4/c1-2-18-13(16)7-8-14(17)19-12-6-11-15-9-4-3-5-10-15/h7-8H,2-6,9-12H2,1H3/b8-7+. The van der Waals surface area contributed by atoms with E-state index in [0.717, 1.165) is 38.2 Å². The average molecular weight is 269 g/mol. The van der Waals surface area contributed by atoms with Gasteiger partial charge in [-0.3, -0.25) is 0 Å². The maximum Gasteiger partial charge on any atom is 0.331 e. The molecular weight excluding hydrogens is 246 g/mol. The van der Waals surface area contributed by atoms with Gasteiger partial charge in [0.15, 0.2) is 0 Å². The molecule has 1 aliphatic rings. The summed E-state index contributed by atoms with van der Waals surface area (Å²) in [5.74, 6) is -1.01. The van der Waals surface area contributed by atoms with Gasteiger partial charge in [0, 0.05) is 18.7 Å². The van der Waals surface area contributed by atoms with Crippen LogP contribution in [0.15, 0.2) is 12.2 Å². The van der Waals surface area contributed by atoms with E-state index >= 15 is 0 Å². The zero-order valence-electron chi connectivity index (χ0n) is 11.6. The van der Waals surface area contributed by atoms with Crippen LogP contribution in [0.4, 0.5) is 0 Å². The van der Waals surface area contributed by atoms with Crippen molar-refractivity contribution in [1.29, 1.82) is 0 Å². The summed E-state index contributed by atoms with van der Waals surface area (Å²) in [6.45, 7) is 5.67. The van der Waals surface area contributed by atoms with Crippen LogP contribution in [-0.4, -0.2) is 49.7 Å². The van der Waals surface area contributed by atoms with Crippen LogP contribution in [0.1, 0.15) is 32.6 Å². The van der Waals surface area contributed by atoms with Crippen molar-refractivity contribution in [3.63, 3.8) is 0 Å². The molecule has 1 heterocycles. The summed E-state index contributed by atoms with van der Waals surface area (Å²) >= 11 is 0. The minimum atomic E-state index is -0.521. The van der Waals surface area contributed by atoms with Gasteiger partial charge in [-0.05, 0) is 39.3 Å². The van der Waals surface area contributed by atoms with Crippen molar-refractivity contribution >= 4 is 11.9 Å². The first-order valence-corrected chi connectivity index (χ1v) is 6.96. The Hall–Kier alpha value is -1.36. The van der Waals surface area contributed by atoms with E-state index in [0.29, 0.717) is 13.2 Å². The fourth-order valence-corrected chi connectivity index (χ4v) is 2.02. The number of carbonyl (C=O) groups excluding carboxylic acids is 2. The third-order valence-electron chi connectivity index (χ3n) is 2.95. The molecule has 108 valence electrons. The molecule has 0 amide bonds. The molecule has 1 saturated heterocycles. The molecule has 0 saturated carbocycles. The van der Waals surface area contributed by atoms with Crippen LogP contribution in [0.25, 0.3) is 0 Å². The van der Waals surface area contributed by atoms with Crippen molar-refractivity contribution < 1.29 is 19.1 Å². The van der Waals surface area contributed by atoms with Crippen LogP contribution in [0.2, 0.25) is 0 Å². The Kier molecular flexibility index (Phi) is 7.89. The van der Waals surface area contributed by atoms with Crippen LogP contribution in [-0.2, 0) is 19.1 Å². The van der Waals surface area contributed by atoms with Crippen LogP contribution in [0, 0.1) is 0 Å². The molecule has 0 aromatic heterocycles. The van der Waals surface area contributed by atoms with E-state index in [4.69, 9.17) is 4.74 Å². The van der Waals surface area contributed by atoms with Crippen LogP contribution >= 0.6 is 0 Å². The molecule has 0 atom stereocenters. The highest BCUT2D eigenvalue weighted by atomic mass is 16.5. The SMILES string of the molecule is CCOC(=O)/C=C/C(=O)OCCCN1CCCCC1. The Morgan fingerprint density at radius 3 is 2.32 bits per heavy atom. The summed E-state index contributed by atoms with van der Waals surface area (Å²) in [6, 6.07) is 0. The number of likely N-dealkylation sites (tertiary alicyclic amines) is 1.